The Hall–Kier alpha value is -3.12. The number of ether oxygens (including phenoxy) is 2. The molecule has 1 aromatic heterocycles. The molecule has 13 heteroatoms. The number of hydrogen-bond donors (Lipinski definition) is 0. The molecule has 1 aromatic carbocycles. The highest BCUT2D eigenvalue weighted by Crippen LogP contribution is 2.33. The zero-order chi connectivity index (χ0) is 21.3. The molecule has 2 rings (SSSR count). The molecule has 1 heterocycles. The first-order valence-electron chi connectivity index (χ1n) is 7.41. The summed E-state index contributed by atoms with van der Waals surface area (Å²) < 4.78 is 84.7. The Balaban J connectivity index is 2.52. The smallest absolute Gasteiger partial charge is 0.462 e. The van der Waals surface area contributed by atoms with Gasteiger partial charge in [-0.3, -0.25) is 0 Å². The van der Waals surface area contributed by atoms with E-state index in [0.29, 0.717) is 0 Å². The van der Waals surface area contributed by atoms with Crippen molar-refractivity contribution in [3.63, 3.8) is 0 Å². The van der Waals surface area contributed by atoms with Crippen molar-refractivity contribution < 1.29 is 50.2 Å². The lowest BCUT2D eigenvalue weighted by Crippen LogP contribution is -2.30. The third-order valence-corrected chi connectivity index (χ3v) is 3.25. The van der Waals surface area contributed by atoms with E-state index in [1.807, 2.05) is 0 Å². The minimum Gasteiger partial charge on any atom is -0.462 e. The molecule has 0 radical (unpaired) electrons. The van der Waals surface area contributed by atoms with Crippen molar-refractivity contribution in [2.24, 2.45) is 0 Å². The summed E-state index contributed by atoms with van der Waals surface area (Å²) in [5, 5.41) is 0. The van der Waals surface area contributed by atoms with Crippen LogP contribution >= 0.6 is 0 Å². The number of rotatable bonds is 4. The summed E-state index contributed by atoms with van der Waals surface area (Å²) in [6.07, 6.45) is -10.6. The average molecular weight is 412 g/mol. The molecule has 0 N–H and O–H groups in total. The van der Waals surface area contributed by atoms with Gasteiger partial charge in [-0.15, -0.1) is 0 Å². The highest BCUT2D eigenvalue weighted by molar-refractivity contribution is 6.02. The summed E-state index contributed by atoms with van der Waals surface area (Å²) in [5.41, 5.74) is -1.22. The van der Waals surface area contributed by atoms with Crippen LogP contribution in [-0.2, 0) is 31.8 Å². The van der Waals surface area contributed by atoms with Crippen LogP contribution in [0.2, 0.25) is 0 Å². The molecule has 0 unspecified atom stereocenters. The fourth-order valence-corrected chi connectivity index (χ4v) is 2.22. The maximum Gasteiger partial charge on any atom is 0.491 e. The van der Waals surface area contributed by atoms with Crippen LogP contribution in [0, 0.1) is 0 Å². The highest BCUT2D eigenvalue weighted by atomic mass is 19.4. The second kappa shape index (κ2) is 7.48. The number of hydrogen-bond acceptors (Lipinski definition) is 6. The van der Waals surface area contributed by atoms with Crippen LogP contribution in [0.4, 0.5) is 26.3 Å². The van der Waals surface area contributed by atoms with Gasteiger partial charge in [0.15, 0.2) is 0 Å². The molecule has 0 saturated heterocycles. The predicted molar refractivity (Wildman–Crippen MR) is 77.8 cm³/mol. The summed E-state index contributed by atoms with van der Waals surface area (Å²) in [5.74, 6) is -7.42. The Labute approximate surface area is 151 Å². The summed E-state index contributed by atoms with van der Waals surface area (Å²) in [6.45, 7) is -0.0151. The molecule has 28 heavy (non-hydrogen) atoms. The number of carbonyl (C=O) groups is 3. The molecule has 152 valence electrons. The number of esters is 3. The van der Waals surface area contributed by atoms with E-state index in [1.165, 1.54) is 13.0 Å². The van der Waals surface area contributed by atoms with E-state index in [2.05, 4.69) is 9.72 Å². The largest absolute Gasteiger partial charge is 0.491 e. The Kier molecular flexibility index (Phi) is 5.66. The van der Waals surface area contributed by atoms with E-state index in [0.717, 1.165) is 12.1 Å². The number of aromatic nitrogens is 2. The van der Waals surface area contributed by atoms with Crippen molar-refractivity contribution in [3.8, 4) is 0 Å². The summed E-state index contributed by atoms with van der Waals surface area (Å²) >= 11 is 0. The van der Waals surface area contributed by atoms with Crippen molar-refractivity contribution in [1.82, 2.24) is 9.55 Å². The summed E-state index contributed by atoms with van der Waals surface area (Å²) in [7, 11) is 0. The van der Waals surface area contributed by atoms with E-state index in [1.54, 1.807) is 0 Å². The van der Waals surface area contributed by atoms with Crippen LogP contribution in [0.15, 0.2) is 18.2 Å². The first-order valence-corrected chi connectivity index (χ1v) is 7.41. The topological polar surface area (TPSA) is 87.5 Å². The van der Waals surface area contributed by atoms with Gasteiger partial charge in [0, 0.05) is 0 Å². The van der Waals surface area contributed by atoms with Crippen LogP contribution < -0.4 is 0 Å². The lowest BCUT2D eigenvalue weighted by Gasteiger charge is -2.11. The van der Waals surface area contributed by atoms with E-state index in [4.69, 9.17) is 4.74 Å². The van der Waals surface area contributed by atoms with Crippen LogP contribution in [-0.4, -0.2) is 40.2 Å². The third kappa shape index (κ3) is 4.40. The highest BCUT2D eigenvalue weighted by Gasteiger charge is 2.43. The van der Waals surface area contributed by atoms with Gasteiger partial charge < -0.3 is 14.0 Å². The van der Waals surface area contributed by atoms with E-state index in [9.17, 15) is 40.7 Å². The molecule has 0 aliphatic heterocycles. The molecule has 7 nitrogen and oxygen atoms in total. The van der Waals surface area contributed by atoms with Gasteiger partial charge in [0.2, 0.25) is 5.82 Å². The van der Waals surface area contributed by atoms with Crippen LogP contribution in [0.25, 0.3) is 11.0 Å². The Bertz CT molecular complexity index is 931. The molecular weight excluding hydrogens is 402 g/mol. The van der Waals surface area contributed by atoms with E-state index < -0.39 is 53.7 Å². The molecule has 0 aliphatic carbocycles. The Morgan fingerprint density at radius 3 is 2.29 bits per heavy atom. The van der Waals surface area contributed by atoms with Gasteiger partial charge >= 0.3 is 30.3 Å². The van der Waals surface area contributed by atoms with Crippen molar-refractivity contribution >= 4 is 28.9 Å². The molecule has 0 fully saturated rings. The van der Waals surface area contributed by atoms with Crippen LogP contribution in [0.1, 0.15) is 23.1 Å². The average Bonchev–Trinajstić information content (AvgIpc) is 2.93. The molecule has 0 aliphatic rings. The number of para-hydroxylation sites is 1. The van der Waals surface area contributed by atoms with Gasteiger partial charge in [-0.25, -0.2) is 19.4 Å². The zero-order valence-corrected chi connectivity index (χ0v) is 13.8. The summed E-state index contributed by atoms with van der Waals surface area (Å²) in [4.78, 5) is 37.4. The van der Waals surface area contributed by atoms with Crippen molar-refractivity contribution in [2.45, 2.75) is 25.8 Å². The number of carbonyl (C=O) groups excluding carboxylic acids is 3. The van der Waals surface area contributed by atoms with Crippen molar-refractivity contribution in [3.05, 3.63) is 29.6 Å². The second-order valence-corrected chi connectivity index (χ2v) is 5.17. The minimum atomic E-state index is -5.50. The van der Waals surface area contributed by atoms with Crippen LogP contribution in [0.3, 0.4) is 0 Å². The molecular formula is C15H10F6N2O5. The third-order valence-electron chi connectivity index (χ3n) is 3.25. The SMILES string of the molecule is CCOC(=O)c1cccc2c1nc(C(F)(F)F)n2CC(=O)OC(=O)C(F)(F)F. The van der Waals surface area contributed by atoms with Gasteiger partial charge in [-0.1, -0.05) is 6.07 Å². The monoisotopic (exact) mass is 412 g/mol. The maximum atomic E-state index is 13.3. The molecule has 0 bridgehead atoms. The number of alkyl halides is 6. The van der Waals surface area contributed by atoms with Crippen molar-refractivity contribution in [1.29, 1.82) is 0 Å². The molecule has 0 amide bonds. The fourth-order valence-electron chi connectivity index (χ4n) is 2.22. The molecule has 2 aromatic rings. The number of halogens is 6. The van der Waals surface area contributed by atoms with Gasteiger partial charge in [0.25, 0.3) is 0 Å². The second-order valence-electron chi connectivity index (χ2n) is 5.17. The lowest BCUT2D eigenvalue weighted by atomic mass is 10.2. The van der Waals surface area contributed by atoms with Gasteiger partial charge in [-0.05, 0) is 19.1 Å². The normalized spacial score (nSPS) is 12.1. The summed E-state index contributed by atoms with van der Waals surface area (Å²) in [6, 6.07) is 3.35. The van der Waals surface area contributed by atoms with E-state index in [-0.39, 0.29) is 16.7 Å². The minimum absolute atomic E-state index is 0.0755. The van der Waals surface area contributed by atoms with Gasteiger partial charge in [0.05, 0.1) is 17.7 Å². The van der Waals surface area contributed by atoms with E-state index >= 15 is 0 Å². The van der Waals surface area contributed by atoms with Crippen LogP contribution in [0.5, 0.6) is 0 Å². The quantitative estimate of drug-likeness (QED) is 0.436. The molecule has 0 atom stereocenters. The number of imidazole rings is 1. The Morgan fingerprint density at radius 2 is 1.75 bits per heavy atom. The Morgan fingerprint density at radius 1 is 1.11 bits per heavy atom. The van der Waals surface area contributed by atoms with Gasteiger partial charge in [-0.2, -0.15) is 26.3 Å². The first kappa shape index (κ1) is 21.2. The van der Waals surface area contributed by atoms with Crippen molar-refractivity contribution in [2.75, 3.05) is 6.61 Å². The number of nitrogens with zero attached hydrogens (tertiary/aromatic N) is 2. The molecule has 0 spiro atoms. The zero-order valence-electron chi connectivity index (χ0n) is 13.8. The maximum absolute atomic E-state index is 13.3. The lowest BCUT2D eigenvalue weighted by molar-refractivity contribution is -0.202. The fraction of sp³-hybridized carbons (Fsp3) is 0.333. The standard InChI is InChI=1S/C15H10F6N2O5/c1-2-27-11(25)7-4-3-5-8-10(7)22-12(14(16,17)18)23(8)6-9(24)28-13(26)15(19,20)21/h3-5H,2,6H2,1H3. The number of benzene rings is 1. The first-order chi connectivity index (χ1) is 12.9. The number of fused-ring (bicyclic) bond motifs is 1. The molecule has 0 saturated carbocycles. The van der Waals surface area contributed by atoms with Gasteiger partial charge in [0.1, 0.15) is 12.1 Å². The predicted octanol–water partition coefficient (Wildman–Crippen LogP) is 2.86.